The third-order valence-electron chi connectivity index (χ3n) is 6.61. The van der Waals surface area contributed by atoms with Crippen molar-refractivity contribution in [3.63, 3.8) is 0 Å². The highest BCUT2D eigenvalue weighted by molar-refractivity contribution is 6.08. The Bertz CT molecular complexity index is 1520. The minimum atomic E-state index is -0.296. The summed E-state index contributed by atoms with van der Waals surface area (Å²) in [5.74, 6) is 0.221. The van der Waals surface area contributed by atoms with Crippen LogP contribution in [0.25, 0.3) is 27.9 Å². The van der Waals surface area contributed by atoms with Crippen molar-refractivity contribution in [1.82, 2.24) is 38.8 Å². The minimum Gasteiger partial charge on any atom is -0.309 e. The SMILES string of the molecule is CCN(CC)CCn1c(NC(=O)c2cnn3c(-c4cn(CC)nc4C)ccnc23)nc2ccccc21. The highest BCUT2D eigenvalue weighted by Crippen LogP contribution is 2.25. The van der Waals surface area contributed by atoms with E-state index in [-0.39, 0.29) is 5.91 Å². The van der Waals surface area contributed by atoms with Gasteiger partial charge in [0.1, 0.15) is 5.56 Å². The molecule has 4 aromatic heterocycles. The third-order valence-corrected chi connectivity index (χ3v) is 6.61. The molecular formula is C26H31N9O. The van der Waals surface area contributed by atoms with Crippen LogP contribution in [0.5, 0.6) is 0 Å². The molecule has 4 heterocycles. The average molecular weight is 486 g/mol. The molecule has 36 heavy (non-hydrogen) atoms. The van der Waals surface area contributed by atoms with Crippen LogP contribution in [0, 0.1) is 6.92 Å². The quantitative estimate of drug-likeness (QED) is 0.340. The van der Waals surface area contributed by atoms with Gasteiger partial charge in [-0.1, -0.05) is 26.0 Å². The molecule has 0 saturated carbocycles. The number of rotatable bonds is 9. The Kier molecular flexibility index (Phi) is 6.51. The van der Waals surface area contributed by atoms with E-state index in [0.717, 1.165) is 60.7 Å². The van der Waals surface area contributed by atoms with Gasteiger partial charge in [-0.25, -0.2) is 14.5 Å². The van der Waals surface area contributed by atoms with Gasteiger partial charge in [-0.3, -0.25) is 14.8 Å². The fourth-order valence-electron chi connectivity index (χ4n) is 4.53. The Morgan fingerprint density at radius 3 is 2.67 bits per heavy atom. The zero-order valence-corrected chi connectivity index (χ0v) is 21.1. The molecule has 0 atom stereocenters. The predicted molar refractivity (Wildman–Crippen MR) is 140 cm³/mol. The number of nitrogens with zero attached hydrogens (tertiary/aromatic N) is 8. The number of nitrogens with one attached hydrogen (secondary N) is 1. The second-order valence-corrected chi connectivity index (χ2v) is 8.66. The maximum Gasteiger partial charge on any atom is 0.263 e. The van der Waals surface area contributed by atoms with Crippen molar-refractivity contribution in [2.75, 3.05) is 25.0 Å². The van der Waals surface area contributed by atoms with Gasteiger partial charge in [-0.05, 0) is 45.1 Å². The predicted octanol–water partition coefficient (Wildman–Crippen LogP) is 3.86. The number of fused-ring (bicyclic) bond motifs is 2. The minimum absolute atomic E-state index is 0.296. The number of carbonyl (C=O) groups excluding carboxylic acids is 1. The molecule has 5 rings (SSSR count). The zero-order valence-electron chi connectivity index (χ0n) is 21.1. The number of imidazole rings is 1. The standard InChI is InChI=1S/C26H31N9O/c1-5-32(6-2)14-15-34-23-11-9-8-10-21(23)29-26(34)30-25(36)19-16-28-35-22(12-13-27-24(19)35)20-17-33(7-3)31-18(20)4/h8-13,16-17H,5-7,14-15H2,1-4H3,(H,29,30,36). The second-order valence-electron chi connectivity index (χ2n) is 8.66. The fourth-order valence-corrected chi connectivity index (χ4v) is 4.53. The molecule has 0 unspecified atom stereocenters. The van der Waals surface area contributed by atoms with Crippen LogP contribution in [0.15, 0.2) is 48.9 Å². The van der Waals surface area contributed by atoms with Crippen molar-refractivity contribution in [3.05, 3.63) is 60.2 Å². The summed E-state index contributed by atoms with van der Waals surface area (Å²) in [6.45, 7) is 12.6. The summed E-state index contributed by atoms with van der Waals surface area (Å²) in [6.07, 6.45) is 5.25. The molecule has 1 amide bonds. The molecule has 0 saturated heterocycles. The lowest BCUT2D eigenvalue weighted by Gasteiger charge is -2.19. The van der Waals surface area contributed by atoms with Crippen LogP contribution < -0.4 is 5.32 Å². The smallest absolute Gasteiger partial charge is 0.263 e. The summed E-state index contributed by atoms with van der Waals surface area (Å²) in [6, 6.07) is 9.82. The van der Waals surface area contributed by atoms with Crippen molar-refractivity contribution in [3.8, 4) is 11.3 Å². The Labute approximate surface area is 209 Å². The molecule has 0 radical (unpaired) electrons. The summed E-state index contributed by atoms with van der Waals surface area (Å²) >= 11 is 0. The first-order chi connectivity index (χ1) is 17.5. The number of aryl methyl sites for hydroxylation is 2. The number of carbonyl (C=O) groups is 1. The Balaban J connectivity index is 1.48. The van der Waals surface area contributed by atoms with Crippen LogP contribution in [0.1, 0.15) is 36.8 Å². The van der Waals surface area contributed by atoms with Crippen molar-refractivity contribution < 1.29 is 4.79 Å². The number of likely N-dealkylation sites (N-methyl/N-ethyl adjacent to an activating group) is 1. The van der Waals surface area contributed by atoms with E-state index >= 15 is 0 Å². The van der Waals surface area contributed by atoms with Gasteiger partial charge in [0, 0.05) is 37.6 Å². The molecule has 0 aliphatic rings. The van der Waals surface area contributed by atoms with Gasteiger partial charge < -0.3 is 9.47 Å². The number of aromatic nitrogens is 7. The first-order valence-corrected chi connectivity index (χ1v) is 12.4. The molecule has 1 N–H and O–H groups in total. The lowest BCUT2D eigenvalue weighted by molar-refractivity contribution is 0.102. The number of amides is 1. The lowest BCUT2D eigenvalue weighted by atomic mass is 10.2. The summed E-state index contributed by atoms with van der Waals surface area (Å²) in [5.41, 5.74) is 5.40. The first-order valence-electron chi connectivity index (χ1n) is 12.4. The van der Waals surface area contributed by atoms with E-state index in [0.29, 0.717) is 17.2 Å². The van der Waals surface area contributed by atoms with Crippen LogP contribution in [0.3, 0.4) is 0 Å². The second kappa shape index (κ2) is 9.90. The lowest BCUT2D eigenvalue weighted by Crippen LogP contribution is -2.27. The maximum absolute atomic E-state index is 13.4. The zero-order chi connectivity index (χ0) is 25.2. The normalized spacial score (nSPS) is 11.7. The molecule has 0 aliphatic carbocycles. The molecule has 0 aliphatic heterocycles. The summed E-state index contributed by atoms with van der Waals surface area (Å²) in [4.78, 5) is 25.0. The van der Waals surface area contributed by atoms with Crippen LogP contribution in [0.2, 0.25) is 0 Å². The van der Waals surface area contributed by atoms with Crippen LogP contribution in [0.4, 0.5) is 5.95 Å². The highest BCUT2D eigenvalue weighted by Gasteiger charge is 2.21. The number of hydrogen-bond donors (Lipinski definition) is 1. The van der Waals surface area contributed by atoms with Crippen LogP contribution in [-0.2, 0) is 13.1 Å². The van der Waals surface area contributed by atoms with Crippen molar-refractivity contribution in [2.24, 2.45) is 0 Å². The molecular weight excluding hydrogens is 454 g/mol. The van der Waals surface area contributed by atoms with E-state index in [1.807, 2.05) is 55.1 Å². The Morgan fingerprint density at radius 1 is 1.11 bits per heavy atom. The number of para-hydroxylation sites is 2. The van der Waals surface area contributed by atoms with E-state index in [2.05, 4.69) is 43.8 Å². The van der Waals surface area contributed by atoms with Gasteiger partial charge in [-0.15, -0.1) is 0 Å². The molecule has 0 fully saturated rings. The number of hydrogen-bond acceptors (Lipinski definition) is 6. The van der Waals surface area contributed by atoms with Gasteiger partial charge in [0.05, 0.1) is 28.6 Å². The summed E-state index contributed by atoms with van der Waals surface area (Å²) in [5, 5.41) is 12.1. The molecule has 186 valence electrons. The maximum atomic E-state index is 13.4. The van der Waals surface area contributed by atoms with E-state index in [9.17, 15) is 4.79 Å². The Hall–Kier alpha value is -4.05. The van der Waals surface area contributed by atoms with E-state index in [1.54, 1.807) is 16.9 Å². The van der Waals surface area contributed by atoms with Gasteiger partial charge in [0.15, 0.2) is 5.65 Å². The molecule has 5 aromatic rings. The number of benzene rings is 1. The van der Waals surface area contributed by atoms with Crippen molar-refractivity contribution in [1.29, 1.82) is 0 Å². The number of anilines is 1. The molecule has 0 bridgehead atoms. The largest absolute Gasteiger partial charge is 0.309 e. The van der Waals surface area contributed by atoms with Gasteiger partial charge >= 0.3 is 0 Å². The average Bonchev–Trinajstić information content (AvgIpc) is 3.59. The first kappa shape index (κ1) is 23.7. The van der Waals surface area contributed by atoms with Gasteiger partial charge in [0.2, 0.25) is 5.95 Å². The summed E-state index contributed by atoms with van der Waals surface area (Å²) < 4.78 is 5.65. The third kappa shape index (κ3) is 4.24. The Morgan fingerprint density at radius 2 is 1.92 bits per heavy atom. The molecule has 0 spiro atoms. The van der Waals surface area contributed by atoms with E-state index < -0.39 is 0 Å². The highest BCUT2D eigenvalue weighted by atomic mass is 16.1. The van der Waals surface area contributed by atoms with Gasteiger partial charge in [0.25, 0.3) is 5.91 Å². The van der Waals surface area contributed by atoms with E-state index in [1.165, 1.54) is 0 Å². The van der Waals surface area contributed by atoms with E-state index in [4.69, 9.17) is 4.98 Å². The molecule has 10 heteroatoms. The van der Waals surface area contributed by atoms with Crippen molar-refractivity contribution in [2.45, 2.75) is 40.8 Å². The van der Waals surface area contributed by atoms with Gasteiger partial charge in [-0.2, -0.15) is 10.2 Å². The fraction of sp³-hybridized carbons (Fsp3) is 0.346. The van der Waals surface area contributed by atoms with Crippen LogP contribution >= 0.6 is 0 Å². The van der Waals surface area contributed by atoms with Crippen LogP contribution in [-0.4, -0.2) is 64.4 Å². The topological polar surface area (TPSA) is 98.2 Å². The van der Waals surface area contributed by atoms with Crippen molar-refractivity contribution >= 4 is 28.5 Å². The monoisotopic (exact) mass is 485 g/mol. The molecule has 1 aromatic carbocycles. The molecule has 10 nitrogen and oxygen atoms in total. The summed E-state index contributed by atoms with van der Waals surface area (Å²) in [7, 11) is 0.